The molecule has 7 heteroatoms. The molecule has 0 aromatic carbocycles. The molecule has 0 spiro atoms. The molecule has 2 fully saturated rings. The number of rotatable bonds is 4. The number of hydrazine groups is 1. The second kappa shape index (κ2) is 6.21. The third kappa shape index (κ3) is 3.09. The molecule has 0 saturated carbocycles. The van der Waals surface area contributed by atoms with E-state index in [2.05, 4.69) is 35.6 Å². The van der Waals surface area contributed by atoms with E-state index in [1.54, 1.807) is 0 Å². The lowest BCUT2D eigenvalue weighted by atomic mass is 10.2. The van der Waals surface area contributed by atoms with Crippen molar-refractivity contribution in [1.29, 1.82) is 0 Å². The standard InChI is InChI=1S/C13H23N7/c1-14-11-15-12(18-20-9-3-2-4-10-20)17-13(16-11)19-7-5-6-8-19/h2-10H2,1H3,(H2,14,15,16,17,18). The molecular formula is C13H23N7. The molecule has 2 N–H and O–H groups in total. The van der Waals surface area contributed by atoms with Crippen LogP contribution in [0.15, 0.2) is 0 Å². The number of hydrogen-bond acceptors (Lipinski definition) is 7. The van der Waals surface area contributed by atoms with Gasteiger partial charge in [-0.3, -0.25) is 5.43 Å². The molecule has 0 unspecified atom stereocenters. The van der Waals surface area contributed by atoms with Gasteiger partial charge in [0.25, 0.3) is 0 Å². The fourth-order valence-electron chi connectivity index (χ4n) is 2.73. The van der Waals surface area contributed by atoms with E-state index in [9.17, 15) is 0 Å². The molecule has 0 atom stereocenters. The second-order valence-electron chi connectivity index (χ2n) is 5.39. The Balaban J connectivity index is 1.76. The van der Waals surface area contributed by atoms with Gasteiger partial charge in [0.2, 0.25) is 17.8 Å². The maximum atomic E-state index is 4.57. The normalized spacial score (nSPS) is 20.1. The lowest BCUT2D eigenvalue weighted by molar-refractivity contribution is 0.271. The van der Waals surface area contributed by atoms with Crippen LogP contribution in [0.1, 0.15) is 32.1 Å². The molecule has 2 saturated heterocycles. The summed E-state index contributed by atoms with van der Waals surface area (Å²) in [7, 11) is 1.84. The summed E-state index contributed by atoms with van der Waals surface area (Å²) in [5.74, 6) is 2.05. The van der Waals surface area contributed by atoms with E-state index in [4.69, 9.17) is 0 Å². The maximum absolute atomic E-state index is 4.57. The highest BCUT2D eigenvalue weighted by Crippen LogP contribution is 2.19. The van der Waals surface area contributed by atoms with Crippen LogP contribution in [0.25, 0.3) is 0 Å². The van der Waals surface area contributed by atoms with E-state index in [1.165, 1.54) is 32.1 Å². The molecule has 3 rings (SSSR count). The van der Waals surface area contributed by atoms with Gasteiger partial charge in [-0.1, -0.05) is 6.42 Å². The van der Waals surface area contributed by atoms with Gasteiger partial charge in [0.15, 0.2) is 0 Å². The van der Waals surface area contributed by atoms with Crippen LogP contribution in [0.3, 0.4) is 0 Å². The molecule has 110 valence electrons. The zero-order valence-corrected chi connectivity index (χ0v) is 12.1. The molecule has 2 aliphatic heterocycles. The van der Waals surface area contributed by atoms with Crippen molar-refractivity contribution in [3.05, 3.63) is 0 Å². The molecule has 0 bridgehead atoms. The fraction of sp³-hybridized carbons (Fsp3) is 0.769. The molecule has 7 nitrogen and oxygen atoms in total. The maximum Gasteiger partial charge on any atom is 0.244 e. The topological polar surface area (TPSA) is 69.2 Å². The van der Waals surface area contributed by atoms with E-state index >= 15 is 0 Å². The summed E-state index contributed by atoms with van der Waals surface area (Å²) in [6.07, 6.45) is 6.22. The van der Waals surface area contributed by atoms with Crippen LogP contribution in [0.2, 0.25) is 0 Å². The molecule has 1 aromatic rings. The highest BCUT2D eigenvalue weighted by molar-refractivity contribution is 5.43. The van der Waals surface area contributed by atoms with Crippen molar-refractivity contribution >= 4 is 17.8 Å². The van der Waals surface area contributed by atoms with Crippen LogP contribution < -0.4 is 15.6 Å². The SMILES string of the molecule is CNc1nc(NN2CCCCC2)nc(N2CCCC2)n1. The summed E-state index contributed by atoms with van der Waals surface area (Å²) >= 11 is 0. The predicted molar refractivity (Wildman–Crippen MR) is 79.9 cm³/mol. The number of hydrogen-bond donors (Lipinski definition) is 2. The van der Waals surface area contributed by atoms with Crippen molar-refractivity contribution in [3.8, 4) is 0 Å². The Labute approximate surface area is 119 Å². The highest BCUT2D eigenvalue weighted by atomic mass is 15.5. The first-order valence-corrected chi connectivity index (χ1v) is 7.55. The third-order valence-corrected chi connectivity index (χ3v) is 3.85. The Hall–Kier alpha value is -1.63. The molecule has 0 aliphatic carbocycles. The smallest absolute Gasteiger partial charge is 0.244 e. The Morgan fingerprint density at radius 1 is 0.800 bits per heavy atom. The van der Waals surface area contributed by atoms with E-state index in [-0.39, 0.29) is 0 Å². The zero-order valence-electron chi connectivity index (χ0n) is 12.1. The van der Waals surface area contributed by atoms with Crippen molar-refractivity contribution in [2.24, 2.45) is 0 Å². The summed E-state index contributed by atoms with van der Waals surface area (Å²) in [4.78, 5) is 15.7. The predicted octanol–water partition coefficient (Wildman–Crippen LogP) is 1.33. The molecular weight excluding hydrogens is 254 g/mol. The van der Waals surface area contributed by atoms with E-state index < -0.39 is 0 Å². The third-order valence-electron chi connectivity index (χ3n) is 3.85. The van der Waals surface area contributed by atoms with Crippen molar-refractivity contribution in [2.45, 2.75) is 32.1 Å². The lowest BCUT2D eigenvalue weighted by Gasteiger charge is -2.27. The Morgan fingerprint density at radius 2 is 1.45 bits per heavy atom. The summed E-state index contributed by atoms with van der Waals surface area (Å²) in [5, 5.41) is 5.22. The first-order valence-electron chi connectivity index (χ1n) is 7.55. The average molecular weight is 277 g/mol. The van der Waals surface area contributed by atoms with Gasteiger partial charge >= 0.3 is 0 Å². The highest BCUT2D eigenvalue weighted by Gasteiger charge is 2.18. The van der Waals surface area contributed by atoms with Gasteiger partial charge in [0.1, 0.15) is 0 Å². The van der Waals surface area contributed by atoms with Crippen molar-refractivity contribution in [1.82, 2.24) is 20.0 Å². The molecule has 0 amide bonds. The van der Waals surface area contributed by atoms with Gasteiger partial charge in [0, 0.05) is 33.2 Å². The van der Waals surface area contributed by atoms with Crippen LogP contribution >= 0.6 is 0 Å². The molecule has 0 radical (unpaired) electrons. The summed E-state index contributed by atoms with van der Waals surface area (Å²) in [5.41, 5.74) is 3.32. The zero-order chi connectivity index (χ0) is 13.8. The number of nitrogens with one attached hydrogen (secondary N) is 2. The summed E-state index contributed by atoms with van der Waals surface area (Å²) in [6, 6.07) is 0. The van der Waals surface area contributed by atoms with Crippen molar-refractivity contribution in [3.63, 3.8) is 0 Å². The quantitative estimate of drug-likeness (QED) is 0.860. The number of nitrogens with zero attached hydrogens (tertiary/aromatic N) is 5. The van der Waals surface area contributed by atoms with E-state index in [1.807, 2.05) is 7.05 Å². The van der Waals surface area contributed by atoms with Gasteiger partial charge in [-0.2, -0.15) is 15.0 Å². The average Bonchev–Trinajstić information content (AvgIpc) is 3.02. The Kier molecular flexibility index (Phi) is 4.15. The Bertz CT molecular complexity index is 438. The van der Waals surface area contributed by atoms with Gasteiger partial charge in [-0.05, 0) is 25.7 Å². The number of anilines is 3. The van der Waals surface area contributed by atoms with Crippen LogP contribution in [0.4, 0.5) is 17.8 Å². The number of piperidine rings is 1. The Morgan fingerprint density at radius 3 is 2.15 bits per heavy atom. The number of aromatic nitrogens is 3. The lowest BCUT2D eigenvalue weighted by Crippen LogP contribution is -2.36. The van der Waals surface area contributed by atoms with Gasteiger partial charge in [-0.15, -0.1) is 0 Å². The minimum absolute atomic E-state index is 0.626. The molecule has 3 heterocycles. The van der Waals surface area contributed by atoms with Crippen LogP contribution in [-0.2, 0) is 0 Å². The largest absolute Gasteiger partial charge is 0.357 e. The van der Waals surface area contributed by atoms with Crippen LogP contribution in [0.5, 0.6) is 0 Å². The summed E-state index contributed by atoms with van der Waals surface area (Å²) in [6.45, 7) is 4.19. The first kappa shape index (κ1) is 13.4. The van der Waals surface area contributed by atoms with Crippen LogP contribution in [0, 0.1) is 0 Å². The minimum atomic E-state index is 0.626. The van der Waals surface area contributed by atoms with Gasteiger partial charge in [-0.25, -0.2) is 5.01 Å². The molecule has 1 aromatic heterocycles. The van der Waals surface area contributed by atoms with Gasteiger partial charge < -0.3 is 10.2 Å². The van der Waals surface area contributed by atoms with Crippen molar-refractivity contribution < 1.29 is 0 Å². The van der Waals surface area contributed by atoms with Crippen molar-refractivity contribution in [2.75, 3.05) is 48.9 Å². The van der Waals surface area contributed by atoms with Crippen LogP contribution in [-0.4, -0.2) is 53.2 Å². The van der Waals surface area contributed by atoms with E-state index in [0.717, 1.165) is 32.1 Å². The summed E-state index contributed by atoms with van der Waals surface area (Å²) < 4.78 is 0. The van der Waals surface area contributed by atoms with E-state index in [0.29, 0.717) is 11.9 Å². The monoisotopic (exact) mass is 277 g/mol. The minimum Gasteiger partial charge on any atom is -0.357 e. The fourth-order valence-corrected chi connectivity index (χ4v) is 2.73. The first-order chi connectivity index (χ1) is 9.85. The second-order valence-corrected chi connectivity index (χ2v) is 5.39. The molecule has 20 heavy (non-hydrogen) atoms. The molecule has 2 aliphatic rings. The van der Waals surface area contributed by atoms with Gasteiger partial charge in [0.05, 0.1) is 0 Å².